The van der Waals surface area contributed by atoms with E-state index in [0.29, 0.717) is 25.7 Å². The summed E-state index contributed by atoms with van der Waals surface area (Å²) in [5.41, 5.74) is 0. The summed E-state index contributed by atoms with van der Waals surface area (Å²) in [6.45, 7) is -0.491. The molecular weight excluding hydrogens is 541 g/mol. The minimum Gasteiger partial charge on any atom is -0.484 e. The molecule has 2 atom stereocenters. The fourth-order valence-electron chi connectivity index (χ4n) is 4.84. The van der Waals surface area contributed by atoms with Crippen LogP contribution in [0.4, 0.5) is 13.2 Å². The standard InChI is InChI=1S/C23H28ClF3N2O7S/c1-13(30)28-15-4-2-14(3-5-15)8-21(31)29-11-17(10-19(29)22(32)33)37(34,35)20-7-6-16(9-18(20)24)36-12-23(25,26)27/h6-7,9,14-15,17,19H,2-5,8,10-12H2,1H3,(H,28,30)(H,32,33)/t14?,15?,17-,19+/m1/s1. The van der Waals surface area contributed by atoms with E-state index in [0.717, 1.165) is 23.1 Å². The Bertz CT molecular complexity index is 1140. The summed E-state index contributed by atoms with van der Waals surface area (Å²) in [6.07, 6.45) is -2.15. The smallest absolute Gasteiger partial charge is 0.422 e. The van der Waals surface area contributed by atoms with Crippen LogP contribution in [-0.4, -0.2) is 72.9 Å². The zero-order chi connectivity index (χ0) is 27.5. The van der Waals surface area contributed by atoms with Crippen molar-refractivity contribution in [2.75, 3.05) is 13.2 Å². The molecule has 1 aromatic rings. The first-order valence-corrected chi connectivity index (χ1v) is 13.6. The predicted octanol–water partition coefficient (Wildman–Crippen LogP) is 3.19. The quantitative estimate of drug-likeness (QED) is 0.492. The van der Waals surface area contributed by atoms with Gasteiger partial charge >= 0.3 is 12.1 Å². The molecule has 206 valence electrons. The Labute approximate surface area is 217 Å². The molecule has 1 aromatic carbocycles. The van der Waals surface area contributed by atoms with Crippen molar-refractivity contribution in [3.05, 3.63) is 23.2 Å². The van der Waals surface area contributed by atoms with E-state index >= 15 is 0 Å². The van der Waals surface area contributed by atoms with Gasteiger partial charge in [-0.2, -0.15) is 13.2 Å². The van der Waals surface area contributed by atoms with E-state index in [4.69, 9.17) is 11.6 Å². The lowest BCUT2D eigenvalue weighted by atomic mass is 9.83. The zero-order valence-corrected chi connectivity index (χ0v) is 21.5. The van der Waals surface area contributed by atoms with Gasteiger partial charge < -0.3 is 20.1 Å². The third kappa shape index (κ3) is 7.50. The van der Waals surface area contributed by atoms with Crippen molar-refractivity contribution >= 4 is 39.2 Å². The van der Waals surface area contributed by atoms with Crippen molar-refractivity contribution in [3.63, 3.8) is 0 Å². The van der Waals surface area contributed by atoms with E-state index in [-0.39, 0.29) is 52.9 Å². The van der Waals surface area contributed by atoms with Crippen molar-refractivity contribution in [3.8, 4) is 5.75 Å². The SMILES string of the molecule is CC(=O)NC1CCC(CC(=O)N2C[C@H](S(=O)(=O)c3ccc(OCC(F)(F)F)cc3Cl)C[C@H]2C(=O)O)CC1. The summed E-state index contributed by atoms with van der Waals surface area (Å²) in [5, 5.41) is 10.9. The molecule has 0 radical (unpaired) electrons. The topological polar surface area (TPSA) is 130 Å². The Hall–Kier alpha value is -2.54. The van der Waals surface area contributed by atoms with Crippen molar-refractivity contribution in [1.82, 2.24) is 10.2 Å². The number of benzene rings is 1. The number of nitrogens with zero attached hydrogens (tertiary/aromatic N) is 1. The second-order valence-corrected chi connectivity index (χ2v) is 12.0. The molecule has 2 amide bonds. The van der Waals surface area contributed by atoms with E-state index in [1.807, 2.05) is 0 Å². The minimum absolute atomic E-state index is 0.0127. The van der Waals surface area contributed by atoms with Crippen LogP contribution in [0.1, 0.15) is 45.4 Å². The number of ether oxygens (including phenoxy) is 1. The maximum absolute atomic E-state index is 13.3. The number of hydrogen-bond donors (Lipinski definition) is 2. The summed E-state index contributed by atoms with van der Waals surface area (Å²) < 4.78 is 68.3. The number of hydrogen-bond acceptors (Lipinski definition) is 6. The van der Waals surface area contributed by atoms with Gasteiger partial charge in [-0.05, 0) is 50.2 Å². The molecule has 0 bridgehead atoms. The minimum atomic E-state index is -4.59. The maximum atomic E-state index is 13.3. The molecular formula is C23H28ClF3N2O7S. The summed E-state index contributed by atoms with van der Waals surface area (Å²) in [4.78, 5) is 36.8. The molecule has 1 saturated carbocycles. The first-order valence-electron chi connectivity index (χ1n) is 11.7. The van der Waals surface area contributed by atoms with Crippen LogP contribution in [0.5, 0.6) is 5.75 Å². The van der Waals surface area contributed by atoms with Gasteiger partial charge in [-0.15, -0.1) is 0 Å². The predicted molar refractivity (Wildman–Crippen MR) is 126 cm³/mol. The molecule has 2 N–H and O–H groups in total. The number of sulfone groups is 1. The van der Waals surface area contributed by atoms with Crippen LogP contribution in [0.3, 0.4) is 0 Å². The molecule has 0 unspecified atom stereocenters. The molecule has 3 rings (SSSR count). The van der Waals surface area contributed by atoms with E-state index in [9.17, 15) is 41.1 Å². The van der Waals surface area contributed by atoms with Crippen LogP contribution in [0.15, 0.2) is 23.1 Å². The number of nitrogens with one attached hydrogen (secondary N) is 1. The lowest BCUT2D eigenvalue weighted by Crippen LogP contribution is -2.42. The summed E-state index contributed by atoms with van der Waals surface area (Å²) >= 11 is 6.05. The van der Waals surface area contributed by atoms with Crippen LogP contribution in [-0.2, 0) is 24.2 Å². The average Bonchev–Trinajstić information content (AvgIpc) is 3.25. The summed E-state index contributed by atoms with van der Waals surface area (Å²) in [5.74, 6) is -2.21. The lowest BCUT2D eigenvalue weighted by Gasteiger charge is -2.30. The number of likely N-dealkylation sites (tertiary alicyclic amines) is 1. The highest BCUT2D eigenvalue weighted by molar-refractivity contribution is 7.92. The number of carbonyl (C=O) groups is 3. The second-order valence-electron chi connectivity index (χ2n) is 9.42. The first-order chi connectivity index (χ1) is 17.2. The van der Waals surface area contributed by atoms with Gasteiger partial charge in [-0.1, -0.05) is 11.6 Å². The van der Waals surface area contributed by atoms with Crippen molar-refractivity contribution < 1.29 is 45.8 Å². The molecule has 1 heterocycles. The number of aliphatic carboxylic acids is 1. The van der Waals surface area contributed by atoms with Gasteiger partial charge in [0.2, 0.25) is 11.8 Å². The molecule has 0 spiro atoms. The highest BCUT2D eigenvalue weighted by atomic mass is 35.5. The lowest BCUT2D eigenvalue weighted by molar-refractivity contribution is -0.153. The van der Waals surface area contributed by atoms with Crippen molar-refractivity contribution in [2.24, 2.45) is 5.92 Å². The fraction of sp³-hybridized carbons (Fsp3) is 0.609. The average molecular weight is 569 g/mol. The van der Waals surface area contributed by atoms with Gasteiger partial charge in [0.05, 0.1) is 15.2 Å². The largest absolute Gasteiger partial charge is 0.484 e. The Morgan fingerprint density at radius 3 is 2.38 bits per heavy atom. The van der Waals surface area contributed by atoms with Crippen molar-refractivity contribution in [1.29, 1.82) is 0 Å². The number of rotatable bonds is 8. The molecule has 1 aliphatic carbocycles. The first kappa shape index (κ1) is 29.0. The van der Waals surface area contributed by atoms with E-state index in [2.05, 4.69) is 10.1 Å². The van der Waals surface area contributed by atoms with Gasteiger partial charge in [-0.25, -0.2) is 13.2 Å². The van der Waals surface area contributed by atoms with Gasteiger partial charge in [-0.3, -0.25) is 9.59 Å². The zero-order valence-electron chi connectivity index (χ0n) is 20.0. The number of alkyl halides is 3. The molecule has 1 aliphatic heterocycles. The highest BCUT2D eigenvalue weighted by Crippen LogP contribution is 2.35. The number of carbonyl (C=O) groups excluding carboxylic acids is 2. The van der Waals surface area contributed by atoms with Gasteiger partial charge in [0.25, 0.3) is 0 Å². The number of carboxylic acid groups (broad SMARTS) is 1. The van der Waals surface area contributed by atoms with E-state index < -0.39 is 45.8 Å². The Morgan fingerprint density at radius 2 is 1.84 bits per heavy atom. The Balaban J connectivity index is 1.69. The van der Waals surface area contributed by atoms with Crippen LogP contribution in [0.25, 0.3) is 0 Å². The molecule has 2 fully saturated rings. The highest BCUT2D eigenvalue weighted by Gasteiger charge is 2.46. The molecule has 2 aliphatic rings. The molecule has 14 heteroatoms. The normalized spacial score (nSPS) is 24.5. The molecule has 0 aromatic heterocycles. The van der Waals surface area contributed by atoms with Crippen LogP contribution in [0, 0.1) is 5.92 Å². The monoisotopic (exact) mass is 568 g/mol. The van der Waals surface area contributed by atoms with Crippen LogP contribution in [0.2, 0.25) is 5.02 Å². The molecule has 37 heavy (non-hydrogen) atoms. The van der Waals surface area contributed by atoms with Gasteiger partial charge in [0.15, 0.2) is 16.4 Å². The molecule has 1 saturated heterocycles. The Morgan fingerprint density at radius 1 is 1.19 bits per heavy atom. The van der Waals surface area contributed by atoms with Crippen LogP contribution >= 0.6 is 11.6 Å². The number of halogens is 4. The third-order valence-electron chi connectivity index (χ3n) is 6.64. The van der Waals surface area contributed by atoms with Crippen molar-refractivity contribution in [2.45, 2.75) is 73.9 Å². The van der Waals surface area contributed by atoms with Gasteiger partial charge in [0, 0.05) is 32.0 Å². The van der Waals surface area contributed by atoms with E-state index in [1.54, 1.807) is 0 Å². The summed E-state index contributed by atoms with van der Waals surface area (Å²) in [6, 6.07) is 1.69. The second kappa shape index (κ2) is 11.5. The number of carboxylic acids is 1. The van der Waals surface area contributed by atoms with Gasteiger partial charge in [0.1, 0.15) is 11.8 Å². The molecule has 9 nitrogen and oxygen atoms in total. The third-order valence-corrected chi connectivity index (χ3v) is 9.25. The van der Waals surface area contributed by atoms with Crippen LogP contribution < -0.4 is 10.1 Å². The van der Waals surface area contributed by atoms with E-state index in [1.165, 1.54) is 6.92 Å². The Kier molecular flexibility index (Phi) is 8.99. The summed E-state index contributed by atoms with van der Waals surface area (Å²) in [7, 11) is -4.22. The number of amides is 2. The maximum Gasteiger partial charge on any atom is 0.422 e. The fourth-order valence-corrected chi connectivity index (χ4v) is 7.07.